The van der Waals surface area contributed by atoms with E-state index in [1.54, 1.807) is 37.4 Å². The lowest BCUT2D eigenvalue weighted by molar-refractivity contribution is 0.102. The number of ether oxygens (including phenoxy) is 2. The molecule has 0 radical (unpaired) electrons. The van der Waals surface area contributed by atoms with E-state index in [2.05, 4.69) is 17.2 Å². The Morgan fingerprint density at radius 1 is 1.28 bits per heavy atom. The molecule has 0 aliphatic heterocycles. The van der Waals surface area contributed by atoms with Crippen LogP contribution in [0.1, 0.15) is 30.1 Å². The number of carbonyl (C=O) groups is 1. The van der Waals surface area contributed by atoms with Crippen molar-refractivity contribution >= 4 is 22.5 Å². The van der Waals surface area contributed by atoms with Crippen LogP contribution in [-0.4, -0.2) is 34.3 Å². The first-order valence-electron chi connectivity index (χ1n) is 9.26. The number of hydrogen-bond acceptors (Lipinski definition) is 6. The monoisotopic (exact) mass is 397 g/mol. The Hall–Kier alpha value is -3.55. The van der Waals surface area contributed by atoms with Gasteiger partial charge in [-0.25, -0.2) is 4.98 Å². The summed E-state index contributed by atoms with van der Waals surface area (Å²) in [6.45, 7) is 2.61. The average molecular weight is 397 g/mol. The molecule has 0 aliphatic rings. The van der Waals surface area contributed by atoms with Crippen LogP contribution in [0.4, 0.5) is 5.69 Å². The normalized spacial score (nSPS) is 10.7. The lowest BCUT2D eigenvalue weighted by Crippen LogP contribution is -2.28. The second-order valence-corrected chi connectivity index (χ2v) is 6.51. The minimum Gasteiger partial charge on any atom is -0.506 e. The van der Waals surface area contributed by atoms with Gasteiger partial charge in [0.2, 0.25) is 5.88 Å². The van der Waals surface area contributed by atoms with Crippen LogP contribution in [0.3, 0.4) is 0 Å². The summed E-state index contributed by atoms with van der Waals surface area (Å²) in [5.74, 6) is -0.161. The van der Waals surface area contributed by atoms with Gasteiger partial charge in [-0.3, -0.25) is 9.59 Å². The maximum Gasteiger partial charge on any atom is 0.267 e. The van der Waals surface area contributed by atoms with Gasteiger partial charge >= 0.3 is 0 Å². The molecule has 2 aromatic heterocycles. The predicted octanol–water partition coefficient (Wildman–Crippen LogP) is 3.08. The van der Waals surface area contributed by atoms with E-state index >= 15 is 0 Å². The molecule has 3 rings (SSSR count). The van der Waals surface area contributed by atoms with Gasteiger partial charge in [0.15, 0.2) is 0 Å². The van der Waals surface area contributed by atoms with E-state index in [4.69, 9.17) is 9.47 Å². The van der Waals surface area contributed by atoms with Crippen molar-refractivity contribution in [2.45, 2.75) is 19.8 Å². The minimum absolute atomic E-state index is 0.346. The van der Waals surface area contributed by atoms with Gasteiger partial charge in [-0.05, 0) is 30.7 Å². The molecule has 0 bridgehead atoms. The number of anilines is 1. The van der Waals surface area contributed by atoms with E-state index in [1.807, 2.05) is 0 Å². The Bertz CT molecular complexity index is 1090. The van der Waals surface area contributed by atoms with Crippen LogP contribution in [0.2, 0.25) is 0 Å². The number of methoxy groups -OCH3 is 1. The summed E-state index contributed by atoms with van der Waals surface area (Å²) < 4.78 is 12.0. The largest absolute Gasteiger partial charge is 0.506 e. The second-order valence-electron chi connectivity index (χ2n) is 6.51. The van der Waals surface area contributed by atoms with Crippen molar-refractivity contribution in [1.82, 2.24) is 9.55 Å². The smallest absolute Gasteiger partial charge is 0.267 e. The highest BCUT2D eigenvalue weighted by atomic mass is 16.5. The highest BCUT2D eigenvalue weighted by molar-refractivity contribution is 6.09. The van der Waals surface area contributed by atoms with E-state index in [1.165, 1.54) is 17.9 Å². The highest BCUT2D eigenvalue weighted by Gasteiger charge is 2.22. The molecule has 152 valence electrons. The maximum absolute atomic E-state index is 12.7. The third-order valence-electron chi connectivity index (χ3n) is 4.54. The highest BCUT2D eigenvalue weighted by Crippen LogP contribution is 2.30. The molecular weight excluding hydrogens is 374 g/mol. The van der Waals surface area contributed by atoms with Crippen molar-refractivity contribution in [1.29, 1.82) is 0 Å². The van der Waals surface area contributed by atoms with E-state index in [0.29, 0.717) is 34.8 Å². The van der Waals surface area contributed by atoms with Crippen molar-refractivity contribution in [2.75, 3.05) is 19.0 Å². The van der Waals surface area contributed by atoms with Gasteiger partial charge in [-0.1, -0.05) is 13.3 Å². The Morgan fingerprint density at radius 2 is 2.07 bits per heavy atom. The predicted molar refractivity (Wildman–Crippen MR) is 110 cm³/mol. The molecule has 0 atom stereocenters. The average Bonchev–Trinajstić information content (AvgIpc) is 2.73. The summed E-state index contributed by atoms with van der Waals surface area (Å²) in [6.07, 6.45) is 3.30. The molecule has 1 amide bonds. The molecule has 8 nitrogen and oxygen atoms in total. The third kappa shape index (κ3) is 4.16. The van der Waals surface area contributed by atoms with Gasteiger partial charge in [0.1, 0.15) is 17.1 Å². The fourth-order valence-corrected chi connectivity index (χ4v) is 2.91. The number of unbranched alkanes of at least 4 members (excludes halogenated alkanes) is 1. The Kier molecular flexibility index (Phi) is 6.01. The summed E-state index contributed by atoms with van der Waals surface area (Å²) in [6, 6.07) is 8.22. The molecule has 0 fully saturated rings. The van der Waals surface area contributed by atoms with E-state index in [0.717, 1.165) is 12.8 Å². The van der Waals surface area contributed by atoms with Gasteiger partial charge in [0.25, 0.3) is 11.5 Å². The molecule has 1 aromatic carbocycles. The standard InChI is InChI=1S/C21H23N3O5/c1-4-5-10-29-14-7-8-16-15(11-14)19(25)18(21(27)24(16)2)20(26)23-13-6-9-17(28-3)22-12-13/h6-9,11-12,25H,4-5,10H2,1-3H3,(H,23,26). The molecular formula is C21H23N3O5. The van der Waals surface area contributed by atoms with Crippen molar-refractivity contribution in [3.05, 3.63) is 52.4 Å². The Labute approximate surface area is 167 Å². The van der Waals surface area contributed by atoms with Crippen LogP contribution >= 0.6 is 0 Å². The molecule has 0 saturated heterocycles. The van der Waals surface area contributed by atoms with Crippen LogP contribution in [-0.2, 0) is 7.05 Å². The number of nitrogens with one attached hydrogen (secondary N) is 1. The molecule has 3 aromatic rings. The molecule has 0 saturated carbocycles. The molecule has 2 heterocycles. The van der Waals surface area contributed by atoms with Gasteiger partial charge in [-0.15, -0.1) is 0 Å². The van der Waals surface area contributed by atoms with Crippen molar-refractivity contribution in [3.8, 4) is 17.4 Å². The van der Waals surface area contributed by atoms with Crippen LogP contribution in [0.15, 0.2) is 41.3 Å². The minimum atomic E-state index is -0.728. The molecule has 2 N–H and O–H groups in total. The zero-order chi connectivity index (χ0) is 21.0. The maximum atomic E-state index is 12.7. The zero-order valence-electron chi connectivity index (χ0n) is 16.6. The Morgan fingerprint density at radius 3 is 2.72 bits per heavy atom. The third-order valence-corrected chi connectivity index (χ3v) is 4.54. The lowest BCUT2D eigenvalue weighted by Gasteiger charge is -2.13. The number of aromatic hydroxyl groups is 1. The summed E-state index contributed by atoms with van der Waals surface area (Å²) in [4.78, 5) is 29.4. The molecule has 29 heavy (non-hydrogen) atoms. The molecule has 8 heteroatoms. The second kappa shape index (κ2) is 8.64. The first kappa shape index (κ1) is 20.2. The van der Waals surface area contributed by atoms with Gasteiger partial charge in [0.05, 0.1) is 31.1 Å². The lowest BCUT2D eigenvalue weighted by atomic mass is 10.1. The van der Waals surface area contributed by atoms with Crippen molar-refractivity contribution in [3.63, 3.8) is 0 Å². The summed E-state index contributed by atoms with van der Waals surface area (Å²) in [5, 5.41) is 13.7. The summed E-state index contributed by atoms with van der Waals surface area (Å²) >= 11 is 0. The number of nitrogens with zero attached hydrogens (tertiary/aromatic N) is 2. The fraction of sp³-hybridized carbons (Fsp3) is 0.286. The van der Waals surface area contributed by atoms with E-state index in [9.17, 15) is 14.7 Å². The number of benzene rings is 1. The summed E-state index contributed by atoms with van der Waals surface area (Å²) in [7, 11) is 3.03. The van der Waals surface area contributed by atoms with Crippen LogP contribution in [0, 0.1) is 0 Å². The molecule has 0 spiro atoms. The topological polar surface area (TPSA) is 103 Å². The molecule has 0 aliphatic carbocycles. The van der Waals surface area contributed by atoms with E-state index < -0.39 is 11.5 Å². The molecule has 0 unspecified atom stereocenters. The van der Waals surface area contributed by atoms with Crippen LogP contribution in [0.5, 0.6) is 17.4 Å². The van der Waals surface area contributed by atoms with E-state index in [-0.39, 0.29) is 11.3 Å². The van der Waals surface area contributed by atoms with Crippen molar-refractivity contribution in [2.24, 2.45) is 7.05 Å². The SMILES string of the molecule is CCCCOc1ccc2c(c1)c(O)c(C(=O)Nc1ccc(OC)nc1)c(=O)n2C. The first-order valence-corrected chi connectivity index (χ1v) is 9.26. The number of aryl methyl sites for hydroxylation is 1. The van der Waals surface area contributed by atoms with Crippen LogP contribution in [0.25, 0.3) is 10.9 Å². The summed E-state index contributed by atoms with van der Waals surface area (Å²) in [5.41, 5.74) is -0.0813. The zero-order valence-corrected chi connectivity index (χ0v) is 16.6. The van der Waals surface area contributed by atoms with Crippen molar-refractivity contribution < 1.29 is 19.4 Å². The number of pyridine rings is 2. The number of rotatable bonds is 7. The number of carbonyl (C=O) groups excluding carboxylic acids is 1. The number of aromatic nitrogens is 2. The first-order chi connectivity index (χ1) is 14.0. The number of hydrogen-bond donors (Lipinski definition) is 2. The van der Waals surface area contributed by atoms with Gasteiger partial charge in [-0.2, -0.15) is 0 Å². The van der Waals surface area contributed by atoms with Gasteiger partial charge < -0.3 is 24.5 Å². The fourth-order valence-electron chi connectivity index (χ4n) is 2.91. The van der Waals surface area contributed by atoms with Crippen LogP contribution < -0.4 is 20.3 Å². The Balaban J connectivity index is 1.99. The number of fused-ring (bicyclic) bond motifs is 1. The quantitative estimate of drug-likeness (QED) is 0.594. The number of amides is 1. The van der Waals surface area contributed by atoms with Gasteiger partial charge in [0, 0.05) is 18.5 Å².